The Bertz CT molecular complexity index is 665. The zero-order chi connectivity index (χ0) is 9.83. The lowest BCUT2D eigenvalue weighted by atomic mass is 10.2. The van der Waals surface area contributed by atoms with Gasteiger partial charge < -0.3 is 18.9 Å². The molecule has 1 N–H and O–H groups in total. The second-order valence-electron chi connectivity index (χ2n) is 3.54. The number of ether oxygens (including phenoxy) is 2. The SMILES string of the molecule is c1cc2c([nH]c3cc4c(cc32)OCO4)o1. The van der Waals surface area contributed by atoms with Crippen LogP contribution < -0.4 is 9.47 Å². The van der Waals surface area contributed by atoms with Crippen LogP contribution in [0.15, 0.2) is 28.9 Å². The second-order valence-corrected chi connectivity index (χ2v) is 3.54. The highest BCUT2D eigenvalue weighted by Gasteiger charge is 2.17. The number of benzene rings is 1. The van der Waals surface area contributed by atoms with Gasteiger partial charge in [0.25, 0.3) is 0 Å². The van der Waals surface area contributed by atoms with Crippen molar-refractivity contribution in [3.8, 4) is 11.5 Å². The summed E-state index contributed by atoms with van der Waals surface area (Å²) in [5.74, 6) is 1.58. The van der Waals surface area contributed by atoms with Gasteiger partial charge >= 0.3 is 0 Å². The fourth-order valence-corrected chi connectivity index (χ4v) is 2.01. The molecule has 3 heterocycles. The molecule has 0 unspecified atom stereocenters. The molecule has 1 aliphatic heterocycles. The van der Waals surface area contributed by atoms with Gasteiger partial charge in [-0.05, 0) is 12.1 Å². The molecule has 3 aromatic rings. The first-order valence-electron chi connectivity index (χ1n) is 4.70. The summed E-state index contributed by atoms with van der Waals surface area (Å²) >= 11 is 0. The van der Waals surface area contributed by atoms with E-state index in [0.29, 0.717) is 6.79 Å². The minimum absolute atomic E-state index is 0.302. The highest BCUT2D eigenvalue weighted by Crippen LogP contribution is 2.38. The number of nitrogens with one attached hydrogen (secondary N) is 1. The summed E-state index contributed by atoms with van der Waals surface area (Å²) in [5, 5.41) is 2.17. The summed E-state index contributed by atoms with van der Waals surface area (Å²) in [6.07, 6.45) is 1.67. The third-order valence-corrected chi connectivity index (χ3v) is 2.72. The Morgan fingerprint density at radius 2 is 1.93 bits per heavy atom. The normalized spacial score (nSPS) is 14.1. The van der Waals surface area contributed by atoms with Crippen LogP contribution in [0, 0.1) is 0 Å². The summed E-state index contributed by atoms with van der Waals surface area (Å²) in [4.78, 5) is 3.19. The molecule has 0 saturated carbocycles. The molecule has 4 rings (SSSR count). The van der Waals surface area contributed by atoms with Crippen LogP contribution in [0.1, 0.15) is 0 Å². The van der Waals surface area contributed by atoms with E-state index in [9.17, 15) is 0 Å². The van der Waals surface area contributed by atoms with Gasteiger partial charge in [-0.1, -0.05) is 0 Å². The maximum absolute atomic E-state index is 5.33. The van der Waals surface area contributed by atoms with Gasteiger partial charge in [0.1, 0.15) is 0 Å². The highest BCUT2D eigenvalue weighted by molar-refractivity contribution is 6.06. The van der Waals surface area contributed by atoms with Gasteiger partial charge in [-0.2, -0.15) is 0 Å². The number of fused-ring (bicyclic) bond motifs is 4. The van der Waals surface area contributed by atoms with Gasteiger partial charge in [-0.15, -0.1) is 0 Å². The standard InChI is InChI=1S/C11H7NO3/c1-2-13-11-6(1)7-3-9-10(15-5-14-9)4-8(7)12-11/h1-4,12H,5H2. The highest BCUT2D eigenvalue weighted by atomic mass is 16.7. The maximum Gasteiger partial charge on any atom is 0.231 e. The zero-order valence-electron chi connectivity index (χ0n) is 7.74. The summed E-state index contributed by atoms with van der Waals surface area (Å²) in [7, 11) is 0. The van der Waals surface area contributed by atoms with Crippen molar-refractivity contribution >= 4 is 22.0 Å². The lowest BCUT2D eigenvalue weighted by molar-refractivity contribution is 0.174. The molecule has 1 aromatic carbocycles. The second kappa shape index (κ2) is 2.28. The van der Waals surface area contributed by atoms with Crippen LogP contribution in [-0.4, -0.2) is 11.8 Å². The van der Waals surface area contributed by atoms with Gasteiger partial charge in [-0.25, -0.2) is 0 Å². The quantitative estimate of drug-likeness (QED) is 0.608. The molecule has 0 radical (unpaired) electrons. The van der Waals surface area contributed by atoms with E-state index >= 15 is 0 Å². The summed E-state index contributed by atoms with van der Waals surface area (Å²) in [6, 6.07) is 5.86. The van der Waals surface area contributed by atoms with Crippen molar-refractivity contribution in [2.24, 2.45) is 0 Å². The maximum atomic E-state index is 5.33. The number of rotatable bonds is 0. The van der Waals surface area contributed by atoms with Crippen LogP contribution in [0.25, 0.3) is 22.0 Å². The van der Waals surface area contributed by atoms with E-state index in [1.807, 2.05) is 18.2 Å². The molecule has 15 heavy (non-hydrogen) atoms. The van der Waals surface area contributed by atoms with Gasteiger partial charge in [0.05, 0.1) is 11.8 Å². The van der Waals surface area contributed by atoms with Crippen molar-refractivity contribution in [2.45, 2.75) is 0 Å². The Labute approximate surface area is 84.4 Å². The molecule has 74 valence electrons. The number of aromatic nitrogens is 1. The lowest BCUT2D eigenvalue weighted by Gasteiger charge is -1.95. The van der Waals surface area contributed by atoms with E-state index in [-0.39, 0.29) is 0 Å². The molecule has 2 aromatic heterocycles. The molecule has 0 bridgehead atoms. The zero-order valence-corrected chi connectivity index (χ0v) is 7.74. The molecule has 4 heteroatoms. The fourth-order valence-electron chi connectivity index (χ4n) is 2.01. The minimum Gasteiger partial charge on any atom is -0.454 e. The van der Waals surface area contributed by atoms with Crippen LogP contribution >= 0.6 is 0 Å². The van der Waals surface area contributed by atoms with Crippen LogP contribution in [0.5, 0.6) is 11.5 Å². The van der Waals surface area contributed by atoms with Gasteiger partial charge in [0.15, 0.2) is 11.5 Å². The Morgan fingerprint density at radius 3 is 2.87 bits per heavy atom. The van der Waals surface area contributed by atoms with E-state index in [2.05, 4.69) is 4.98 Å². The molecular weight excluding hydrogens is 194 g/mol. The fraction of sp³-hybridized carbons (Fsp3) is 0.0909. The third kappa shape index (κ3) is 0.812. The molecule has 0 fully saturated rings. The Balaban J connectivity index is 2.20. The minimum atomic E-state index is 0.302. The molecule has 1 aliphatic rings. The first-order valence-corrected chi connectivity index (χ1v) is 4.70. The summed E-state index contributed by atoms with van der Waals surface area (Å²) < 4.78 is 15.9. The Morgan fingerprint density at radius 1 is 1.07 bits per heavy atom. The molecular formula is C11H7NO3. The van der Waals surface area contributed by atoms with E-state index in [4.69, 9.17) is 13.9 Å². The predicted molar refractivity (Wildman–Crippen MR) is 54.2 cm³/mol. The van der Waals surface area contributed by atoms with Gasteiger partial charge in [0.2, 0.25) is 12.5 Å². The number of hydrogen-bond donors (Lipinski definition) is 1. The number of aromatic amines is 1. The molecule has 0 aliphatic carbocycles. The Kier molecular flexibility index (Phi) is 1.10. The van der Waals surface area contributed by atoms with Crippen LogP contribution in [-0.2, 0) is 0 Å². The largest absolute Gasteiger partial charge is 0.454 e. The predicted octanol–water partition coefficient (Wildman–Crippen LogP) is 2.64. The van der Waals surface area contributed by atoms with E-state index in [0.717, 1.165) is 33.5 Å². The van der Waals surface area contributed by atoms with E-state index < -0.39 is 0 Å². The average Bonchev–Trinajstić information content (AvgIpc) is 2.86. The lowest BCUT2D eigenvalue weighted by Crippen LogP contribution is -1.92. The number of furan rings is 1. The molecule has 0 amide bonds. The monoisotopic (exact) mass is 201 g/mol. The van der Waals surface area contributed by atoms with Crippen molar-refractivity contribution in [3.63, 3.8) is 0 Å². The third-order valence-electron chi connectivity index (χ3n) is 2.72. The van der Waals surface area contributed by atoms with Crippen molar-refractivity contribution in [1.82, 2.24) is 4.98 Å². The summed E-state index contributed by atoms with van der Waals surface area (Å²) in [5.41, 5.74) is 1.79. The smallest absolute Gasteiger partial charge is 0.231 e. The Hall–Kier alpha value is -2.10. The van der Waals surface area contributed by atoms with Crippen LogP contribution in [0.3, 0.4) is 0 Å². The van der Waals surface area contributed by atoms with Gasteiger partial charge in [0, 0.05) is 16.8 Å². The molecule has 4 nitrogen and oxygen atoms in total. The molecule has 0 spiro atoms. The first-order chi connectivity index (χ1) is 7.42. The first kappa shape index (κ1) is 7.23. The topological polar surface area (TPSA) is 47.4 Å². The van der Waals surface area contributed by atoms with Gasteiger partial charge in [-0.3, -0.25) is 0 Å². The van der Waals surface area contributed by atoms with E-state index in [1.165, 1.54) is 0 Å². The average molecular weight is 201 g/mol. The van der Waals surface area contributed by atoms with Crippen molar-refractivity contribution in [1.29, 1.82) is 0 Å². The summed E-state index contributed by atoms with van der Waals surface area (Å²) in [6.45, 7) is 0.302. The van der Waals surface area contributed by atoms with E-state index in [1.54, 1.807) is 6.26 Å². The van der Waals surface area contributed by atoms with Crippen molar-refractivity contribution in [2.75, 3.05) is 6.79 Å². The van der Waals surface area contributed by atoms with Crippen molar-refractivity contribution in [3.05, 3.63) is 24.5 Å². The van der Waals surface area contributed by atoms with Crippen LogP contribution in [0.2, 0.25) is 0 Å². The molecule has 0 atom stereocenters. The number of hydrogen-bond acceptors (Lipinski definition) is 3. The molecule has 0 saturated heterocycles. The number of H-pyrrole nitrogens is 1. The van der Waals surface area contributed by atoms with Crippen molar-refractivity contribution < 1.29 is 13.9 Å². The van der Waals surface area contributed by atoms with Crippen LogP contribution in [0.4, 0.5) is 0 Å².